The molecule has 2 unspecified atom stereocenters. The molecule has 154 valence electrons. The molecule has 0 aliphatic heterocycles. The molecule has 1 saturated carbocycles. The van der Waals surface area contributed by atoms with E-state index in [9.17, 15) is 0 Å². The molecule has 2 heteroatoms. The Morgan fingerprint density at radius 2 is 1.59 bits per heavy atom. The fourth-order valence-electron chi connectivity index (χ4n) is 5.15. The van der Waals surface area contributed by atoms with Crippen LogP contribution in [-0.4, -0.2) is 25.8 Å². The van der Waals surface area contributed by atoms with Gasteiger partial charge in [-0.2, -0.15) is 0 Å². The molecule has 1 nitrogen and oxygen atoms in total. The summed E-state index contributed by atoms with van der Waals surface area (Å²) >= 11 is -1.90. The van der Waals surface area contributed by atoms with Crippen molar-refractivity contribution >= 4 is 20.2 Å². The van der Waals surface area contributed by atoms with Gasteiger partial charge in [0.2, 0.25) is 0 Å². The van der Waals surface area contributed by atoms with Crippen molar-refractivity contribution < 1.29 is 3.07 Å². The van der Waals surface area contributed by atoms with Gasteiger partial charge in [0.1, 0.15) is 0 Å². The van der Waals surface area contributed by atoms with Crippen LogP contribution in [0, 0.1) is 16.7 Å². The molecule has 2 aliphatic carbocycles. The number of hydrogen-bond acceptors (Lipinski definition) is 1. The second kappa shape index (κ2) is 8.94. The van der Waals surface area contributed by atoms with Crippen LogP contribution in [0.25, 0.3) is 0 Å². The Morgan fingerprint density at radius 1 is 1.04 bits per heavy atom. The first-order valence-corrected chi connectivity index (χ1v) is 17.0. The maximum absolute atomic E-state index is 7.26. The van der Waals surface area contributed by atoms with Gasteiger partial charge in [-0.3, -0.25) is 0 Å². The molecule has 2 atom stereocenters. The quantitative estimate of drug-likeness (QED) is 0.292. The van der Waals surface area contributed by atoms with Gasteiger partial charge in [0, 0.05) is 0 Å². The van der Waals surface area contributed by atoms with Crippen LogP contribution >= 0.6 is 0 Å². The molecule has 2 aliphatic rings. The Morgan fingerprint density at radius 3 is 2.04 bits per heavy atom. The zero-order chi connectivity index (χ0) is 20.5. The van der Waals surface area contributed by atoms with Gasteiger partial charge in [-0.1, -0.05) is 0 Å². The Kier molecular flexibility index (Phi) is 7.79. The molecule has 0 heterocycles. The van der Waals surface area contributed by atoms with Crippen LogP contribution in [0.15, 0.2) is 23.3 Å². The summed E-state index contributed by atoms with van der Waals surface area (Å²) in [5, 5.41) is 0. The van der Waals surface area contributed by atoms with E-state index in [4.69, 9.17) is 3.07 Å². The Labute approximate surface area is 177 Å². The average molecular weight is 480 g/mol. The average Bonchev–Trinajstić information content (AvgIpc) is 2.81. The van der Waals surface area contributed by atoms with Crippen molar-refractivity contribution in [1.29, 1.82) is 0 Å². The fourth-order valence-corrected chi connectivity index (χ4v) is 11.8. The molecule has 0 bridgehead atoms. The van der Waals surface area contributed by atoms with E-state index >= 15 is 0 Å². The molecule has 0 amide bonds. The zero-order valence-corrected chi connectivity index (χ0v) is 22.5. The van der Waals surface area contributed by atoms with Gasteiger partial charge < -0.3 is 0 Å². The van der Waals surface area contributed by atoms with Crippen molar-refractivity contribution in [3.05, 3.63) is 23.3 Å². The summed E-state index contributed by atoms with van der Waals surface area (Å²) in [5.41, 5.74) is 3.31. The predicted molar refractivity (Wildman–Crippen MR) is 121 cm³/mol. The van der Waals surface area contributed by atoms with Gasteiger partial charge in [-0.15, -0.1) is 0 Å². The summed E-state index contributed by atoms with van der Waals surface area (Å²) in [5.74, 6) is 0.445. The van der Waals surface area contributed by atoms with Gasteiger partial charge in [-0.05, 0) is 0 Å². The molecule has 2 rings (SSSR count). The van der Waals surface area contributed by atoms with E-state index in [1.165, 1.54) is 49.7 Å². The first-order chi connectivity index (χ1) is 12.4. The molecule has 0 aromatic rings. The Balaban J connectivity index is 2.37. The van der Waals surface area contributed by atoms with E-state index in [-0.39, 0.29) is 16.4 Å². The second-order valence-electron chi connectivity index (χ2n) is 11.2. The predicted octanol–water partition coefficient (Wildman–Crippen LogP) is 8.09. The van der Waals surface area contributed by atoms with Crippen LogP contribution in [-0.2, 0) is 3.07 Å². The molecule has 0 N–H and O–H groups in total. The van der Waals surface area contributed by atoms with Crippen molar-refractivity contribution in [3.63, 3.8) is 0 Å². The van der Waals surface area contributed by atoms with E-state index in [0.717, 1.165) is 10.4 Å². The molecule has 0 radical (unpaired) electrons. The molecule has 0 spiro atoms. The SMILES string of the molecule is CCC1=CC(C(C)(C)C)=CC(C(C)(C)C)C1(C)[O][Sn+]([CH3])[CH]1CCCCCC1. The third-order valence-corrected chi connectivity index (χ3v) is 13.9. The summed E-state index contributed by atoms with van der Waals surface area (Å²) in [6.07, 6.45) is 14.7. The van der Waals surface area contributed by atoms with Crippen LogP contribution < -0.4 is 0 Å². The third kappa shape index (κ3) is 5.65. The maximum atomic E-state index is 7.26. The summed E-state index contributed by atoms with van der Waals surface area (Å²) in [4.78, 5) is 2.54. The first-order valence-electron chi connectivity index (χ1n) is 11.4. The molecule has 1 fully saturated rings. The van der Waals surface area contributed by atoms with E-state index in [1.54, 1.807) is 0 Å². The molecule has 0 saturated heterocycles. The minimum atomic E-state index is -1.90. The third-order valence-electron chi connectivity index (χ3n) is 6.89. The summed E-state index contributed by atoms with van der Waals surface area (Å²) < 4.78 is 8.18. The van der Waals surface area contributed by atoms with Crippen molar-refractivity contribution in [2.45, 2.75) is 115 Å². The van der Waals surface area contributed by atoms with Crippen LogP contribution in [0.5, 0.6) is 0 Å². The van der Waals surface area contributed by atoms with Crippen molar-refractivity contribution in [2.75, 3.05) is 0 Å². The van der Waals surface area contributed by atoms with Crippen LogP contribution in [0.4, 0.5) is 0 Å². The zero-order valence-electron chi connectivity index (χ0n) is 19.7. The topological polar surface area (TPSA) is 9.23 Å². The van der Waals surface area contributed by atoms with Crippen LogP contribution in [0.1, 0.15) is 100 Å². The van der Waals surface area contributed by atoms with E-state index < -0.39 is 20.2 Å². The molecule has 27 heavy (non-hydrogen) atoms. The number of rotatable bonds is 4. The number of hydrogen-bond donors (Lipinski definition) is 0. The Hall–Kier alpha value is 0.239. The minimum absolute atomic E-state index is 0.114. The summed E-state index contributed by atoms with van der Waals surface area (Å²) in [7, 11) is 0. The second-order valence-corrected chi connectivity index (χ2v) is 17.6. The van der Waals surface area contributed by atoms with Gasteiger partial charge in [-0.25, -0.2) is 0 Å². The molecular formula is C25H45OSn+. The van der Waals surface area contributed by atoms with Crippen LogP contribution in [0.3, 0.4) is 0 Å². The monoisotopic (exact) mass is 481 g/mol. The van der Waals surface area contributed by atoms with Gasteiger partial charge in [0.05, 0.1) is 0 Å². The van der Waals surface area contributed by atoms with E-state index in [0.29, 0.717) is 5.92 Å². The van der Waals surface area contributed by atoms with Crippen LogP contribution in [0.2, 0.25) is 8.87 Å². The molecule has 0 aromatic carbocycles. The first kappa shape index (κ1) is 23.5. The molecular weight excluding hydrogens is 435 g/mol. The summed E-state index contributed by atoms with van der Waals surface area (Å²) in [6, 6.07) is 0. The van der Waals surface area contributed by atoms with E-state index in [1.807, 2.05) is 0 Å². The van der Waals surface area contributed by atoms with Gasteiger partial charge >= 0.3 is 178 Å². The summed E-state index contributed by atoms with van der Waals surface area (Å²) in [6.45, 7) is 19.0. The van der Waals surface area contributed by atoms with Crippen molar-refractivity contribution in [1.82, 2.24) is 0 Å². The van der Waals surface area contributed by atoms with Crippen molar-refractivity contribution in [3.8, 4) is 0 Å². The van der Waals surface area contributed by atoms with Gasteiger partial charge in [0.15, 0.2) is 0 Å². The Bertz CT molecular complexity index is 552. The molecule has 0 aromatic heterocycles. The number of allylic oxidation sites excluding steroid dienone is 2. The van der Waals surface area contributed by atoms with Gasteiger partial charge in [0.25, 0.3) is 0 Å². The standard InChI is InChI=1S/C17H29O.C7H13.CH3.Sn/c1-9-12-10-13(15(2,3)4)11-14(16(5,6)7)17(12,8)18;1-2-4-6-7-5-3-1;;/h10-11,14H,9H2,1-8H3;1H,2-7H2;1H3;/q-1;;;+2. The normalized spacial score (nSPS) is 28.4. The van der Waals surface area contributed by atoms with E-state index in [2.05, 4.69) is 72.5 Å². The van der Waals surface area contributed by atoms with Crippen molar-refractivity contribution in [2.24, 2.45) is 16.7 Å². The fraction of sp³-hybridized carbons (Fsp3) is 0.840.